The highest BCUT2D eigenvalue weighted by molar-refractivity contribution is 7.17. The maximum atomic E-state index is 13.6. The van der Waals surface area contributed by atoms with Crippen molar-refractivity contribution in [2.75, 3.05) is 0 Å². The zero-order chi connectivity index (χ0) is 14.1. The van der Waals surface area contributed by atoms with Crippen molar-refractivity contribution in [3.63, 3.8) is 0 Å². The predicted molar refractivity (Wildman–Crippen MR) is 81.6 cm³/mol. The largest absolute Gasteiger partial charge is 0.388 e. The second kappa shape index (κ2) is 5.35. The molecule has 3 rings (SSSR count). The molecule has 0 aliphatic carbocycles. The van der Waals surface area contributed by atoms with Crippen LogP contribution in [0.2, 0.25) is 0 Å². The molecule has 0 fully saturated rings. The lowest BCUT2D eigenvalue weighted by Gasteiger charge is -2.11. The summed E-state index contributed by atoms with van der Waals surface area (Å²) in [5, 5.41) is 13.5. The average molecular weight is 286 g/mol. The summed E-state index contributed by atoms with van der Waals surface area (Å²) in [6.07, 6.45) is -0.171. The van der Waals surface area contributed by atoms with E-state index in [4.69, 9.17) is 0 Å². The zero-order valence-electron chi connectivity index (χ0n) is 11.1. The van der Waals surface area contributed by atoms with E-state index in [1.807, 2.05) is 12.1 Å². The molecule has 0 aliphatic rings. The van der Waals surface area contributed by atoms with E-state index < -0.39 is 6.10 Å². The molecule has 3 heteroatoms. The number of fused-ring (bicyclic) bond motifs is 1. The van der Waals surface area contributed by atoms with Gasteiger partial charge in [0.15, 0.2) is 0 Å². The summed E-state index contributed by atoms with van der Waals surface area (Å²) in [6, 6.07) is 13.1. The lowest BCUT2D eigenvalue weighted by molar-refractivity contribution is 0.178. The number of hydrogen-bond acceptors (Lipinski definition) is 2. The third-order valence-corrected chi connectivity index (χ3v) is 4.57. The van der Waals surface area contributed by atoms with Gasteiger partial charge >= 0.3 is 0 Å². The van der Waals surface area contributed by atoms with Crippen molar-refractivity contribution in [1.29, 1.82) is 0 Å². The molecule has 1 aromatic heterocycles. The normalized spacial score (nSPS) is 12.8. The van der Waals surface area contributed by atoms with Crippen LogP contribution in [-0.2, 0) is 6.42 Å². The summed E-state index contributed by atoms with van der Waals surface area (Å²) in [6.45, 7) is 1.72. The summed E-state index contributed by atoms with van der Waals surface area (Å²) >= 11 is 1.67. The quantitative estimate of drug-likeness (QED) is 0.744. The maximum Gasteiger partial charge on any atom is 0.126 e. The van der Waals surface area contributed by atoms with Crippen LogP contribution in [0.4, 0.5) is 4.39 Å². The van der Waals surface area contributed by atoms with Crippen LogP contribution in [0.1, 0.15) is 22.8 Å². The highest BCUT2D eigenvalue weighted by atomic mass is 32.1. The molecular formula is C17H15FOS. The summed E-state index contributed by atoms with van der Waals surface area (Å²) in [4.78, 5) is 0. The number of rotatable bonds is 3. The van der Waals surface area contributed by atoms with Crippen molar-refractivity contribution in [1.82, 2.24) is 0 Å². The Morgan fingerprint density at radius 3 is 2.80 bits per heavy atom. The molecule has 2 aromatic carbocycles. The molecule has 1 atom stereocenters. The van der Waals surface area contributed by atoms with E-state index in [0.717, 1.165) is 5.56 Å². The summed E-state index contributed by atoms with van der Waals surface area (Å²) in [5.41, 5.74) is 2.34. The molecule has 0 spiro atoms. The third kappa shape index (κ3) is 2.47. The topological polar surface area (TPSA) is 20.2 Å². The monoisotopic (exact) mass is 286 g/mol. The molecule has 3 aromatic rings. The molecule has 0 saturated heterocycles. The Bertz CT molecular complexity index is 748. The van der Waals surface area contributed by atoms with E-state index in [1.165, 1.54) is 16.2 Å². The standard InChI is InChI=1S/C17H15FOS/c1-11-6-7-12(8-15(11)18)16(19)9-13-10-20-17-5-3-2-4-14(13)17/h2-8,10,16,19H,9H2,1H3. The van der Waals surface area contributed by atoms with Gasteiger partial charge < -0.3 is 5.11 Å². The van der Waals surface area contributed by atoms with Gasteiger partial charge in [0.25, 0.3) is 0 Å². The molecule has 0 bridgehead atoms. The second-order valence-electron chi connectivity index (χ2n) is 4.99. The highest BCUT2D eigenvalue weighted by Gasteiger charge is 2.13. The molecule has 0 aliphatic heterocycles. The Morgan fingerprint density at radius 1 is 1.20 bits per heavy atom. The number of halogens is 1. The Hall–Kier alpha value is -1.71. The van der Waals surface area contributed by atoms with E-state index in [-0.39, 0.29) is 5.82 Å². The van der Waals surface area contributed by atoms with Crippen molar-refractivity contribution >= 4 is 21.4 Å². The molecule has 1 N–H and O–H groups in total. The number of thiophene rings is 1. The SMILES string of the molecule is Cc1ccc(C(O)Cc2csc3ccccc23)cc1F. The minimum Gasteiger partial charge on any atom is -0.388 e. The summed E-state index contributed by atoms with van der Waals surface area (Å²) in [7, 11) is 0. The van der Waals surface area contributed by atoms with E-state index in [0.29, 0.717) is 17.5 Å². The van der Waals surface area contributed by atoms with Gasteiger partial charge in [-0.05, 0) is 46.5 Å². The van der Waals surface area contributed by atoms with E-state index >= 15 is 0 Å². The van der Waals surface area contributed by atoms with Crippen molar-refractivity contribution in [3.8, 4) is 0 Å². The number of aliphatic hydroxyl groups is 1. The van der Waals surface area contributed by atoms with Gasteiger partial charge in [-0.3, -0.25) is 0 Å². The van der Waals surface area contributed by atoms with Gasteiger partial charge in [0.2, 0.25) is 0 Å². The zero-order valence-corrected chi connectivity index (χ0v) is 12.0. The predicted octanol–water partition coefficient (Wildman–Crippen LogP) is 4.62. The molecule has 0 saturated carbocycles. The van der Waals surface area contributed by atoms with Crippen LogP contribution in [-0.4, -0.2) is 5.11 Å². The van der Waals surface area contributed by atoms with Crippen LogP contribution < -0.4 is 0 Å². The van der Waals surface area contributed by atoms with Crippen molar-refractivity contribution < 1.29 is 9.50 Å². The number of aryl methyl sites for hydroxylation is 1. The number of aliphatic hydroxyl groups excluding tert-OH is 1. The van der Waals surface area contributed by atoms with Gasteiger partial charge in [-0.15, -0.1) is 11.3 Å². The Labute approximate surface area is 121 Å². The fourth-order valence-corrected chi connectivity index (χ4v) is 3.31. The Kier molecular flexibility index (Phi) is 3.55. The minimum atomic E-state index is -0.678. The molecule has 0 radical (unpaired) electrons. The molecule has 1 nitrogen and oxygen atoms in total. The Balaban J connectivity index is 1.88. The van der Waals surface area contributed by atoms with Crippen molar-refractivity contribution in [2.45, 2.75) is 19.4 Å². The van der Waals surface area contributed by atoms with Gasteiger partial charge in [0.1, 0.15) is 5.82 Å². The molecule has 1 unspecified atom stereocenters. The molecule has 20 heavy (non-hydrogen) atoms. The van der Waals surface area contributed by atoms with Gasteiger partial charge in [-0.2, -0.15) is 0 Å². The fraction of sp³-hybridized carbons (Fsp3) is 0.176. The van der Waals surface area contributed by atoms with Crippen LogP contribution in [0, 0.1) is 12.7 Å². The first-order valence-corrected chi connectivity index (χ1v) is 7.42. The van der Waals surface area contributed by atoms with Gasteiger partial charge in [-0.1, -0.05) is 30.3 Å². The van der Waals surface area contributed by atoms with Crippen molar-refractivity contribution in [2.24, 2.45) is 0 Å². The molecular weight excluding hydrogens is 271 g/mol. The summed E-state index contributed by atoms with van der Waals surface area (Å²) < 4.78 is 14.8. The highest BCUT2D eigenvalue weighted by Crippen LogP contribution is 2.29. The van der Waals surface area contributed by atoms with E-state index in [1.54, 1.807) is 30.4 Å². The van der Waals surface area contributed by atoms with Crippen molar-refractivity contribution in [3.05, 3.63) is 70.4 Å². The van der Waals surface area contributed by atoms with Gasteiger partial charge in [0.05, 0.1) is 6.10 Å². The molecule has 0 amide bonds. The lowest BCUT2D eigenvalue weighted by Crippen LogP contribution is -2.02. The fourth-order valence-electron chi connectivity index (χ4n) is 2.33. The van der Waals surface area contributed by atoms with Gasteiger partial charge in [0, 0.05) is 11.1 Å². The first-order valence-electron chi connectivity index (χ1n) is 6.54. The van der Waals surface area contributed by atoms with Gasteiger partial charge in [-0.25, -0.2) is 4.39 Å². The lowest BCUT2D eigenvalue weighted by atomic mass is 10.00. The van der Waals surface area contributed by atoms with Crippen LogP contribution >= 0.6 is 11.3 Å². The number of benzene rings is 2. The first-order chi connectivity index (χ1) is 9.65. The first kappa shape index (κ1) is 13.3. The Morgan fingerprint density at radius 2 is 2.00 bits per heavy atom. The van der Waals surface area contributed by atoms with Crippen LogP contribution in [0.3, 0.4) is 0 Å². The van der Waals surface area contributed by atoms with E-state index in [9.17, 15) is 9.50 Å². The molecule has 1 heterocycles. The maximum absolute atomic E-state index is 13.6. The summed E-state index contributed by atoms with van der Waals surface area (Å²) in [5.74, 6) is -0.267. The van der Waals surface area contributed by atoms with Crippen LogP contribution in [0.25, 0.3) is 10.1 Å². The molecule has 102 valence electrons. The van der Waals surface area contributed by atoms with Crippen LogP contribution in [0.5, 0.6) is 0 Å². The van der Waals surface area contributed by atoms with Crippen LogP contribution in [0.15, 0.2) is 47.8 Å². The third-order valence-electron chi connectivity index (χ3n) is 3.56. The van der Waals surface area contributed by atoms with E-state index in [2.05, 4.69) is 17.5 Å². The smallest absolute Gasteiger partial charge is 0.126 e. The second-order valence-corrected chi connectivity index (χ2v) is 5.90. The number of hydrogen-bond donors (Lipinski definition) is 1. The minimum absolute atomic E-state index is 0.267. The average Bonchev–Trinajstić information content (AvgIpc) is 2.85.